The molecule has 2 aromatic rings. The fraction of sp³-hybridized carbons (Fsp3) is 0.450. The van der Waals surface area contributed by atoms with Crippen LogP contribution in [0.5, 0.6) is 0 Å². The lowest BCUT2D eigenvalue weighted by molar-refractivity contribution is -0.129. The summed E-state index contributed by atoms with van der Waals surface area (Å²) in [5.74, 6) is 0.929. The maximum absolute atomic E-state index is 12.4. The Morgan fingerprint density at radius 2 is 1.74 bits per heavy atom. The van der Waals surface area contributed by atoms with Crippen molar-refractivity contribution in [3.8, 4) is 5.69 Å². The number of aromatic nitrogens is 1. The van der Waals surface area contributed by atoms with Crippen LogP contribution in [0, 0.1) is 5.92 Å². The van der Waals surface area contributed by atoms with Crippen LogP contribution < -0.4 is 0 Å². The molecule has 0 unspecified atom stereocenters. The summed E-state index contributed by atoms with van der Waals surface area (Å²) >= 11 is 0. The monoisotopic (exact) mass is 310 g/mol. The van der Waals surface area contributed by atoms with Crippen molar-refractivity contribution in [2.75, 3.05) is 13.6 Å². The summed E-state index contributed by atoms with van der Waals surface area (Å²) in [7, 11) is 1.95. The van der Waals surface area contributed by atoms with Crippen LogP contribution in [0.25, 0.3) is 5.69 Å². The SMILES string of the molecule is CN(CC1CCCCC1)C(=O)Cc1ccc(-n2cccc2)cc1. The summed E-state index contributed by atoms with van der Waals surface area (Å²) in [5, 5.41) is 0. The zero-order chi connectivity index (χ0) is 16.1. The van der Waals surface area contributed by atoms with Crippen molar-refractivity contribution < 1.29 is 4.79 Å². The van der Waals surface area contributed by atoms with Gasteiger partial charge in [0.25, 0.3) is 0 Å². The van der Waals surface area contributed by atoms with Gasteiger partial charge in [0.15, 0.2) is 0 Å². The lowest BCUT2D eigenvalue weighted by atomic mass is 9.89. The second-order valence-corrected chi connectivity index (χ2v) is 6.71. The Morgan fingerprint density at radius 3 is 2.39 bits per heavy atom. The quantitative estimate of drug-likeness (QED) is 0.817. The molecule has 3 rings (SSSR count). The van der Waals surface area contributed by atoms with Gasteiger partial charge in [0.2, 0.25) is 5.91 Å². The second kappa shape index (κ2) is 7.49. The summed E-state index contributed by atoms with van der Waals surface area (Å²) in [4.78, 5) is 14.3. The Labute approximate surface area is 138 Å². The van der Waals surface area contributed by atoms with Gasteiger partial charge < -0.3 is 9.47 Å². The van der Waals surface area contributed by atoms with Crippen molar-refractivity contribution in [1.29, 1.82) is 0 Å². The zero-order valence-corrected chi connectivity index (χ0v) is 13.9. The minimum Gasteiger partial charge on any atom is -0.345 e. The van der Waals surface area contributed by atoms with Crippen molar-refractivity contribution in [2.45, 2.75) is 38.5 Å². The van der Waals surface area contributed by atoms with Crippen LogP contribution in [-0.2, 0) is 11.2 Å². The maximum Gasteiger partial charge on any atom is 0.226 e. The maximum atomic E-state index is 12.4. The van der Waals surface area contributed by atoms with Crippen LogP contribution in [0.15, 0.2) is 48.8 Å². The summed E-state index contributed by atoms with van der Waals surface area (Å²) < 4.78 is 2.07. The third kappa shape index (κ3) is 4.25. The number of carbonyl (C=O) groups is 1. The molecule has 1 aliphatic rings. The number of amides is 1. The molecule has 0 aliphatic heterocycles. The zero-order valence-electron chi connectivity index (χ0n) is 13.9. The Kier molecular flexibility index (Phi) is 5.16. The van der Waals surface area contributed by atoms with E-state index in [2.05, 4.69) is 28.8 Å². The number of benzene rings is 1. The summed E-state index contributed by atoms with van der Waals surface area (Å²) in [6.45, 7) is 0.917. The van der Waals surface area contributed by atoms with Crippen LogP contribution in [-0.4, -0.2) is 29.0 Å². The molecule has 1 fully saturated rings. The number of rotatable bonds is 5. The third-order valence-corrected chi connectivity index (χ3v) is 4.88. The first-order valence-corrected chi connectivity index (χ1v) is 8.68. The number of hydrogen-bond acceptors (Lipinski definition) is 1. The Morgan fingerprint density at radius 1 is 1.09 bits per heavy atom. The van der Waals surface area contributed by atoms with Gasteiger partial charge in [-0.1, -0.05) is 31.4 Å². The molecule has 3 heteroatoms. The standard InChI is InChI=1S/C20H26N2O/c1-21(16-18-7-3-2-4-8-18)20(23)15-17-9-11-19(12-10-17)22-13-5-6-14-22/h5-6,9-14,18H,2-4,7-8,15-16H2,1H3. The van der Waals surface area contributed by atoms with Gasteiger partial charge in [-0.25, -0.2) is 0 Å². The number of carbonyl (C=O) groups excluding carboxylic acids is 1. The smallest absolute Gasteiger partial charge is 0.226 e. The predicted octanol–water partition coefficient (Wildman–Crippen LogP) is 4.06. The van der Waals surface area contributed by atoms with Gasteiger partial charge in [-0.2, -0.15) is 0 Å². The molecular weight excluding hydrogens is 284 g/mol. The number of nitrogens with zero attached hydrogens (tertiary/aromatic N) is 2. The summed E-state index contributed by atoms with van der Waals surface area (Å²) in [5.41, 5.74) is 2.21. The van der Waals surface area contributed by atoms with Gasteiger partial charge in [0, 0.05) is 31.7 Å². The van der Waals surface area contributed by atoms with Crippen molar-refractivity contribution in [2.24, 2.45) is 5.92 Å². The number of hydrogen-bond donors (Lipinski definition) is 0. The van der Waals surface area contributed by atoms with Crippen LogP contribution in [0.2, 0.25) is 0 Å². The first kappa shape index (κ1) is 15.9. The second-order valence-electron chi connectivity index (χ2n) is 6.71. The Bertz CT molecular complexity index is 610. The Balaban J connectivity index is 1.54. The van der Waals surface area contributed by atoms with E-state index in [4.69, 9.17) is 0 Å². The minimum absolute atomic E-state index is 0.226. The van der Waals surface area contributed by atoms with Gasteiger partial charge in [-0.15, -0.1) is 0 Å². The van der Waals surface area contributed by atoms with E-state index < -0.39 is 0 Å². The molecule has 1 amide bonds. The van der Waals surface area contributed by atoms with E-state index in [1.807, 2.05) is 36.5 Å². The van der Waals surface area contributed by atoms with Crippen molar-refractivity contribution >= 4 is 5.91 Å². The third-order valence-electron chi connectivity index (χ3n) is 4.88. The fourth-order valence-electron chi connectivity index (χ4n) is 3.46. The van der Waals surface area contributed by atoms with Crippen LogP contribution in [0.3, 0.4) is 0 Å². The van der Waals surface area contributed by atoms with Gasteiger partial charge in [0.05, 0.1) is 6.42 Å². The van der Waals surface area contributed by atoms with E-state index in [1.165, 1.54) is 32.1 Å². The van der Waals surface area contributed by atoms with E-state index >= 15 is 0 Å². The van der Waals surface area contributed by atoms with Crippen LogP contribution in [0.1, 0.15) is 37.7 Å². The Hall–Kier alpha value is -2.03. The molecule has 1 aromatic carbocycles. The molecule has 0 saturated heterocycles. The molecule has 0 radical (unpaired) electrons. The lowest BCUT2D eigenvalue weighted by Crippen LogP contribution is -2.33. The average Bonchev–Trinajstić information content (AvgIpc) is 3.11. The highest BCUT2D eigenvalue weighted by atomic mass is 16.2. The molecule has 0 spiro atoms. The van der Waals surface area contributed by atoms with Crippen LogP contribution >= 0.6 is 0 Å². The van der Waals surface area contributed by atoms with E-state index in [1.54, 1.807) is 0 Å². The highest BCUT2D eigenvalue weighted by molar-refractivity contribution is 5.78. The highest BCUT2D eigenvalue weighted by Gasteiger charge is 2.18. The topological polar surface area (TPSA) is 25.2 Å². The fourth-order valence-corrected chi connectivity index (χ4v) is 3.46. The molecule has 0 atom stereocenters. The summed E-state index contributed by atoms with van der Waals surface area (Å²) in [6.07, 6.45) is 11.1. The molecule has 0 bridgehead atoms. The van der Waals surface area contributed by atoms with E-state index in [-0.39, 0.29) is 5.91 Å². The van der Waals surface area contributed by atoms with Gasteiger partial charge in [0.1, 0.15) is 0 Å². The summed E-state index contributed by atoms with van der Waals surface area (Å²) in [6, 6.07) is 12.3. The molecule has 122 valence electrons. The van der Waals surface area contributed by atoms with Gasteiger partial charge in [-0.3, -0.25) is 4.79 Å². The van der Waals surface area contributed by atoms with E-state index in [0.29, 0.717) is 12.3 Å². The van der Waals surface area contributed by atoms with Gasteiger partial charge in [-0.05, 0) is 48.6 Å². The molecule has 1 aromatic heterocycles. The molecule has 1 aliphatic carbocycles. The first-order valence-electron chi connectivity index (χ1n) is 8.68. The lowest BCUT2D eigenvalue weighted by Gasteiger charge is -2.27. The van der Waals surface area contributed by atoms with Crippen LogP contribution in [0.4, 0.5) is 0 Å². The van der Waals surface area contributed by atoms with Gasteiger partial charge >= 0.3 is 0 Å². The highest BCUT2D eigenvalue weighted by Crippen LogP contribution is 2.24. The molecule has 23 heavy (non-hydrogen) atoms. The molecule has 3 nitrogen and oxygen atoms in total. The molecule has 0 N–H and O–H groups in total. The van der Waals surface area contributed by atoms with E-state index in [9.17, 15) is 4.79 Å². The first-order chi connectivity index (χ1) is 11.2. The predicted molar refractivity (Wildman–Crippen MR) is 93.7 cm³/mol. The van der Waals surface area contributed by atoms with E-state index in [0.717, 1.165) is 17.8 Å². The molecular formula is C20H26N2O. The largest absolute Gasteiger partial charge is 0.345 e. The number of likely N-dealkylation sites (N-methyl/N-ethyl adjacent to an activating group) is 1. The van der Waals surface area contributed by atoms with Crippen molar-refractivity contribution in [1.82, 2.24) is 9.47 Å². The molecule has 1 saturated carbocycles. The average molecular weight is 310 g/mol. The van der Waals surface area contributed by atoms with Crippen molar-refractivity contribution in [3.63, 3.8) is 0 Å². The minimum atomic E-state index is 0.226. The molecule has 1 heterocycles. The normalized spacial score (nSPS) is 15.5. The van der Waals surface area contributed by atoms with Crippen molar-refractivity contribution in [3.05, 3.63) is 54.4 Å².